The minimum atomic E-state index is 0.556. The summed E-state index contributed by atoms with van der Waals surface area (Å²) in [5, 5.41) is 3.34. The van der Waals surface area contributed by atoms with E-state index in [1.807, 2.05) is 6.20 Å². The summed E-state index contributed by atoms with van der Waals surface area (Å²) in [6.45, 7) is 5.42. The largest absolute Gasteiger partial charge is 0.369 e. The first kappa shape index (κ1) is 12.8. The maximum Gasteiger partial charge on any atom is 0.144 e. The van der Waals surface area contributed by atoms with E-state index in [2.05, 4.69) is 45.1 Å². The van der Waals surface area contributed by atoms with Crippen LogP contribution in [-0.4, -0.2) is 16.5 Å². The Hall–Kier alpha value is -0.640. The van der Waals surface area contributed by atoms with Crippen molar-refractivity contribution in [2.45, 2.75) is 45.4 Å². The predicted octanol–water partition coefficient (Wildman–Crippen LogP) is 3.96. The van der Waals surface area contributed by atoms with Crippen LogP contribution in [-0.2, 0) is 0 Å². The van der Waals surface area contributed by atoms with Gasteiger partial charge in [0.05, 0.1) is 4.47 Å². The standard InChI is InChI=1S/C13H20BrN3/c1-3-6-15-13-11(14)8-16-12(17-13)10-5-4-9(2)7-10/h8-10H,3-7H2,1-2H3,(H,15,16,17). The molecule has 17 heavy (non-hydrogen) atoms. The highest BCUT2D eigenvalue weighted by Gasteiger charge is 2.25. The Morgan fingerprint density at radius 2 is 2.29 bits per heavy atom. The lowest BCUT2D eigenvalue weighted by Crippen LogP contribution is -2.08. The third-order valence-electron chi connectivity index (χ3n) is 3.37. The van der Waals surface area contributed by atoms with E-state index in [0.717, 1.165) is 35.0 Å². The maximum atomic E-state index is 4.66. The Morgan fingerprint density at radius 1 is 1.47 bits per heavy atom. The van der Waals surface area contributed by atoms with Gasteiger partial charge in [0.25, 0.3) is 0 Å². The van der Waals surface area contributed by atoms with Crippen LogP contribution in [0.25, 0.3) is 0 Å². The molecule has 1 fully saturated rings. The second-order valence-corrected chi connectivity index (χ2v) is 5.82. The second kappa shape index (κ2) is 5.80. The molecule has 1 aromatic heterocycles. The molecule has 4 heteroatoms. The third kappa shape index (κ3) is 3.18. The van der Waals surface area contributed by atoms with Gasteiger partial charge < -0.3 is 5.32 Å². The van der Waals surface area contributed by atoms with Gasteiger partial charge in [-0.25, -0.2) is 9.97 Å². The highest BCUT2D eigenvalue weighted by atomic mass is 79.9. The van der Waals surface area contributed by atoms with Gasteiger partial charge in [0, 0.05) is 18.7 Å². The molecular formula is C13H20BrN3. The first-order chi connectivity index (χ1) is 8.20. The molecule has 1 saturated carbocycles. The molecule has 1 N–H and O–H groups in total. The van der Waals surface area contributed by atoms with Crippen LogP contribution in [0.15, 0.2) is 10.7 Å². The summed E-state index contributed by atoms with van der Waals surface area (Å²) in [6.07, 6.45) is 6.75. The normalized spacial score (nSPS) is 23.9. The number of hydrogen-bond acceptors (Lipinski definition) is 3. The zero-order valence-electron chi connectivity index (χ0n) is 10.5. The highest BCUT2D eigenvalue weighted by Crippen LogP contribution is 2.37. The van der Waals surface area contributed by atoms with Gasteiger partial charge in [0.1, 0.15) is 11.6 Å². The van der Waals surface area contributed by atoms with Crippen LogP contribution in [0.1, 0.15) is 51.3 Å². The number of nitrogens with one attached hydrogen (secondary N) is 1. The number of rotatable bonds is 4. The van der Waals surface area contributed by atoms with E-state index in [4.69, 9.17) is 0 Å². The van der Waals surface area contributed by atoms with Crippen molar-refractivity contribution in [1.29, 1.82) is 0 Å². The molecule has 1 aliphatic rings. The Labute approximate surface area is 112 Å². The zero-order chi connectivity index (χ0) is 12.3. The molecular weight excluding hydrogens is 278 g/mol. The molecule has 1 heterocycles. The first-order valence-corrected chi connectivity index (χ1v) is 7.26. The minimum Gasteiger partial charge on any atom is -0.369 e. The fourth-order valence-electron chi connectivity index (χ4n) is 2.39. The maximum absolute atomic E-state index is 4.66. The van der Waals surface area contributed by atoms with E-state index in [0.29, 0.717) is 5.92 Å². The van der Waals surface area contributed by atoms with Crippen LogP contribution < -0.4 is 5.32 Å². The minimum absolute atomic E-state index is 0.556. The van der Waals surface area contributed by atoms with Gasteiger partial charge in [0.2, 0.25) is 0 Å². The number of nitrogens with zero attached hydrogens (tertiary/aromatic N) is 2. The molecule has 1 aliphatic carbocycles. The number of anilines is 1. The molecule has 3 nitrogen and oxygen atoms in total. The van der Waals surface area contributed by atoms with Crippen molar-refractivity contribution in [3.8, 4) is 0 Å². The average molecular weight is 298 g/mol. The van der Waals surface area contributed by atoms with Crippen LogP contribution in [0, 0.1) is 5.92 Å². The van der Waals surface area contributed by atoms with Crippen molar-refractivity contribution in [3.05, 3.63) is 16.5 Å². The Balaban J connectivity index is 2.12. The van der Waals surface area contributed by atoms with Gasteiger partial charge >= 0.3 is 0 Å². The van der Waals surface area contributed by atoms with E-state index >= 15 is 0 Å². The average Bonchev–Trinajstić information content (AvgIpc) is 2.75. The number of hydrogen-bond donors (Lipinski definition) is 1. The third-order valence-corrected chi connectivity index (χ3v) is 3.95. The Bertz CT molecular complexity index is 381. The molecule has 2 unspecified atom stereocenters. The van der Waals surface area contributed by atoms with Gasteiger partial charge in [-0.2, -0.15) is 0 Å². The van der Waals surface area contributed by atoms with Crippen LogP contribution in [0.2, 0.25) is 0 Å². The van der Waals surface area contributed by atoms with Crippen molar-refractivity contribution >= 4 is 21.7 Å². The van der Waals surface area contributed by atoms with Crippen molar-refractivity contribution in [2.24, 2.45) is 5.92 Å². The van der Waals surface area contributed by atoms with E-state index in [9.17, 15) is 0 Å². The lowest BCUT2D eigenvalue weighted by Gasteiger charge is -2.11. The van der Waals surface area contributed by atoms with Crippen LogP contribution in [0.4, 0.5) is 5.82 Å². The number of aromatic nitrogens is 2. The topological polar surface area (TPSA) is 37.8 Å². The molecule has 0 aliphatic heterocycles. The summed E-state index contributed by atoms with van der Waals surface area (Å²) >= 11 is 3.49. The van der Waals surface area contributed by atoms with E-state index < -0.39 is 0 Å². The molecule has 0 saturated heterocycles. The molecule has 0 aromatic carbocycles. The molecule has 2 atom stereocenters. The van der Waals surface area contributed by atoms with E-state index in [1.54, 1.807) is 0 Å². The van der Waals surface area contributed by atoms with E-state index in [-0.39, 0.29) is 0 Å². The van der Waals surface area contributed by atoms with E-state index in [1.165, 1.54) is 19.3 Å². The summed E-state index contributed by atoms with van der Waals surface area (Å²) in [4.78, 5) is 9.12. The van der Waals surface area contributed by atoms with Crippen molar-refractivity contribution < 1.29 is 0 Å². The summed E-state index contributed by atoms with van der Waals surface area (Å²) in [7, 11) is 0. The molecule has 0 amide bonds. The summed E-state index contributed by atoms with van der Waals surface area (Å²) in [6, 6.07) is 0. The van der Waals surface area contributed by atoms with Gasteiger partial charge in [-0.3, -0.25) is 0 Å². The van der Waals surface area contributed by atoms with Crippen LogP contribution in [0.5, 0.6) is 0 Å². The molecule has 0 bridgehead atoms. The molecule has 0 spiro atoms. The first-order valence-electron chi connectivity index (χ1n) is 6.47. The van der Waals surface area contributed by atoms with Crippen molar-refractivity contribution in [3.63, 3.8) is 0 Å². The monoisotopic (exact) mass is 297 g/mol. The van der Waals surface area contributed by atoms with Gasteiger partial charge in [-0.15, -0.1) is 0 Å². The fourth-order valence-corrected chi connectivity index (χ4v) is 2.72. The van der Waals surface area contributed by atoms with Gasteiger partial charge in [-0.05, 0) is 47.5 Å². The molecule has 94 valence electrons. The lowest BCUT2D eigenvalue weighted by atomic mass is 10.1. The van der Waals surface area contributed by atoms with Crippen molar-refractivity contribution in [2.75, 3.05) is 11.9 Å². The SMILES string of the molecule is CCCNc1nc(C2CCC(C)C2)ncc1Br. The Kier molecular flexibility index (Phi) is 4.37. The zero-order valence-corrected chi connectivity index (χ0v) is 12.1. The summed E-state index contributed by atoms with van der Waals surface area (Å²) in [5.41, 5.74) is 0. The number of halogens is 1. The molecule has 0 radical (unpaired) electrons. The van der Waals surface area contributed by atoms with Gasteiger partial charge in [-0.1, -0.05) is 13.8 Å². The molecule has 2 rings (SSSR count). The summed E-state index contributed by atoms with van der Waals surface area (Å²) < 4.78 is 0.959. The quantitative estimate of drug-likeness (QED) is 0.914. The van der Waals surface area contributed by atoms with Crippen LogP contribution >= 0.6 is 15.9 Å². The summed E-state index contributed by atoms with van der Waals surface area (Å²) in [5.74, 6) is 3.33. The second-order valence-electron chi connectivity index (χ2n) is 4.97. The van der Waals surface area contributed by atoms with Crippen LogP contribution in [0.3, 0.4) is 0 Å². The predicted molar refractivity (Wildman–Crippen MR) is 74.3 cm³/mol. The smallest absolute Gasteiger partial charge is 0.144 e. The molecule has 1 aromatic rings. The van der Waals surface area contributed by atoms with Gasteiger partial charge in [0.15, 0.2) is 0 Å². The fraction of sp³-hybridized carbons (Fsp3) is 0.692. The Morgan fingerprint density at radius 3 is 2.94 bits per heavy atom. The highest BCUT2D eigenvalue weighted by molar-refractivity contribution is 9.10. The van der Waals surface area contributed by atoms with Crippen molar-refractivity contribution in [1.82, 2.24) is 9.97 Å². The lowest BCUT2D eigenvalue weighted by molar-refractivity contribution is 0.585.